The van der Waals surface area contributed by atoms with Crippen LogP contribution in [0.25, 0.3) is 5.76 Å². The predicted octanol–water partition coefficient (Wildman–Crippen LogP) is 3.57. The Morgan fingerprint density at radius 1 is 1.16 bits per heavy atom. The van der Waals surface area contributed by atoms with E-state index in [0.717, 1.165) is 11.1 Å². The quantitative estimate of drug-likeness (QED) is 0.434. The number of Topliss-reactive ketones (excluding diaryl/α,β-unsaturated/α-hetero) is 1. The molecule has 31 heavy (non-hydrogen) atoms. The van der Waals surface area contributed by atoms with E-state index in [9.17, 15) is 14.7 Å². The van der Waals surface area contributed by atoms with Crippen molar-refractivity contribution in [3.05, 3.63) is 64.7 Å². The van der Waals surface area contributed by atoms with Crippen LogP contribution in [0, 0.1) is 6.92 Å². The van der Waals surface area contributed by atoms with Gasteiger partial charge in [-0.1, -0.05) is 24.3 Å². The van der Waals surface area contributed by atoms with Crippen molar-refractivity contribution >= 4 is 17.4 Å². The molecule has 2 aromatic carbocycles. The molecular weight excluding hydrogens is 398 g/mol. The molecule has 1 unspecified atom stereocenters. The van der Waals surface area contributed by atoms with E-state index in [1.165, 1.54) is 4.90 Å². The molecule has 1 amide bonds. The summed E-state index contributed by atoms with van der Waals surface area (Å²) in [6, 6.07) is 11.8. The van der Waals surface area contributed by atoms with Crippen molar-refractivity contribution in [1.82, 2.24) is 4.90 Å². The van der Waals surface area contributed by atoms with Crippen LogP contribution in [0.4, 0.5) is 0 Å². The summed E-state index contributed by atoms with van der Waals surface area (Å²) in [5.41, 5.74) is 2.15. The predicted molar refractivity (Wildman–Crippen MR) is 114 cm³/mol. The Labute approximate surface area is 180 Å². The number of aliphatic hydroxyl groups is 1. The number of hydrogen-bond acceptors (Lipinski definition) is 6. The molecule has 2 aromatic rings. The lowest BCUT2D eigenvalue weighted by Crippen LogP contribution is -2.33. The Balaban J connectivity index is 1.80. The number of ketones is 1. The third kappa shape index (κ3) is 3.88. The van der Waals surface area contributed by atoms with E-state index in [2.05, 4.69) is 0 Å². The van der Waals surface area contributed by atoms with Crippen LogP contribution in [0.1, 0.15) is 36.6 Å². The number of nitrogens with zero attached hydrogens (tertiary/aromatic N) is 1. The first-order valence-electron chi connectivity index (χ1n) is 10.2. The average Bonchev–Trinajstić information content (AvgIpc) is 3.31. The van der Waals surface area contributed by atoms with Gasteiger partial charge in [-0.15, -0.1) is 0 Å². The van der Waals surface area contributed by atoms with Gasteiger partial charge in [0, 0.05) is 12.1 Å². The molecule has 1 saturated heterocycles. The van der Waals surface area contributed by atoms with Crippen molar-refractivity contribution < 1.29 is 28.9 Å². The molecular formula is C24H25NO6. The lowest BCUT2D eigenvalue weighted by molar-refractivity contribution is -0.140. The van der Waals surface area contributed by atoms with Crippen molar-refractivity contribution in [2.24, 2.45) is 0 Å². The fourth-order valence-corrected chi connectivity index (χ4v) is 3.91. The molecule has 1 N–H and O–H groups in total. The first-order chi connectivity index (χ1) is 14.9. The van der Waals surface area contributed by atoms with Crippen LogP contribution in [-0.4, -0.2) is 47.7 Å². The number of carbonyl (C=O) groups excluding carboxylic acids is 2. The second kappa shape index (κ2) is 8.43. The highest BCUT2D eigenvalue weighted by atomic mass is 16.7. The average molecular weight is 423 g/mol. The van der Waals surface area contributed by atoms with E-state index in [1.807, 2.05) is 45.0 Å². The van der Waals surface area contributed by atoms with Crippen LogP contribution in [0.15, 0.2) is 48.0 Å². The molecule has 7 heteroatoms. The van der Waals surface area contributed by atoms with Gasteiger partial charge in [0.05, 0.1) is 24.3 Å². The summed E-state index contributed by atoms with van der Waals surface area (Å²) >= 11 is 0. The monoisotopic (exact) mass is 423 g/mol. The number of carbonyl (C=O) groups is 2. The number of aliphatic hydroxyl groups excluding tert-OH is 1. The van der Waals surface area contributed by atoms with Crippen LogP contribution < -0.4 is 9.47 Å². The van der Waals surface area contributed by atoms with E-state index >= 15 is 0 Å². The maximum atomic E-state index is 13.1. The minimum atomic E-state index is -0.715. The van der Waals surface area contributed by atoms with E-state index in [-0.39, 0.29) is 37.4 Å². The Hall–Kier alpha value is -3.32. The smallest absolute Gasteiger partial charge is 0.295 e. The largest absolute Gasteiger partial charge is 0.507 e. The van der Waals surface area contributed by atoms with Crippen molar-refractivity contribution in [2.75, 3.05) is 19.9 Å². The minimum absolute atomic E-state index is 0.00219. The van der Waals surface area contributed by atoms with E-state index in [4.69, 9.17) is 14.2 Å². The molecule has 2 aliphatic heterocycles. The van der Waals surface area contributed by atoms with Crippen LogP contribution in [0.5, 0.6) is 11.5 Å². The second-order valence-corrected chi connectivity index (χ2v) is 7.84. The summed E-state index contributed by atoms with van der Waals surface area (Å²) in [4.78, 5) is 27.5. The van der Waals surface area contributed by atoms with Crippen molar-refractivity contribution in [3.63, 3.8) is 0 Å². The third-order valence-corrected chi connectivity index (χ3v) is 5.45. The van der Waals surface area contributed by atoms with Crippen molar-refractivity contribution in [1.29, 1.82) is 0 Å². The molecule has 2 heterocycles. The molecule has 0 radical (unpaired) electrons. The van der Waals surface area contributed by atoms with Gasteiger partial charge in [0.2, 0.25) is 6.79 Å². The number of likely N-dealkylation sites (tertiary alicyclic amines) is 1. The van der Waals surface area contributed by atoms with E-state index < -0.39 is 17.7 Å². The topological polar surface area (TPSA) is 85.3 Å². The summed E-state index contributed by atoms with van der Waals surface area (Å²) in [5, 5.41) is 11.1. The number of benzene rings is 2. The summed E-state index contributed by atoms with van der Waals surface area (Å²) in [6.45, 7) is 6.36. The highest BCUT2D eigenvalue weighted by Crippen LogP contribution is 2.42. The Bertz CT molecular complexity index is 1060. The van der Waals surface area contributed by atoms with Crippen LogP contribution in [0.3, 0.4) is 0 Å². The molecule has 2 aliphatic rings. The maximum Gasteiger partial charge on any atom is 0.295 e. The van der Waals surface area contributed by atoms with Gasteiger partial charge in [0.15, 0.2) is 11.5 Å². The zero-order valence-corrected chi connectivity index (χ0v) is 17.8. The number of ether oxygens (including phenoxy) is 3. The fourth-order valence-electron chi connectivity index (χ4n) is 3.91. The van der Waals surface area contributed by atoms with E-state index in [1.54, 1.807) is 18.2 Å². The molecule has 162 valence electrons. The molecule has 0 spiro atoms. The third-order valence-electron chi connectivity index (χ3n) is 5.45. The van der Waals surface area contributed by atoms with Crippen molar-refractivity contribution in [2.45, 2.75) is 32.9 Å². The van der Waals surface area contributed by atoms with Crippen molar-refractivity contribution in [3.8, 4) is 11.5 Å². The molecule has 4 rings (SSSR count). The Kier molecular flexibility index (Phi) is 5.69. The van der Waals surface area contributed by atoms with Crippen LogP contribution >= 0.6 is 0 Å². The summed E-state index contributed by atoms with van der Waals surface area (Å²) < 4.78 is 16.3. The SMILES string of the molecule is Cc1ccccc1C1/C(=C(\O)c2ccc3c(c2)OCO3)C(=O)C(=O)N1CCOC(C)C. The van der Waals surface area contributed by atoms with Gasteiger partial charge < -0.3 is 24.2 Å². The van der Waals surface area contributed by atoms with Gasteiger partial charge in [-0.05, 0) is 50.1 Å². The first kappa shape index (κ1) is 20.9. The Morgan fingerprint density at radius 2 is 1.90 bits per heavy atom. The van der Waals surface area contributed by atoms with Gasteiger partial charge in [0.25, 0.3) is 11.7 Å². The number of amides is 1. The summed E-state index contributed by atoms with van der Waals surface area (Å²) in [7, 11) is 0. The van der Waals surface area contributed by atoms with Gasteiger partial charge in [-0.25, -0.2) is 0 Å². The molecule has 7 nitrogen and oxygen atoms in total. The fraction of sp³-hybridized carbons (Fsp3) is 0.333. The number of hydrogen-bond donors (Lipinski definition) is 1. The minimum Gasteiger partial charge on any atom is -0.507 e. The molecule has 0 aliphatic carbocycles. The molecule has 0 bridgehead atoms. The van der Waals surface area contributed by atoms with Gasteiger partial charge in [-0.3, -0.25) is 9.59 Å². The standard InChI is InChI=1S/C24H25NO6/c1-14(2)29-11-10-25-21(17-7-5-4-6-15(17)3)20(23(27)24(25)28)22(26)16-8-9-18-19(12-16)31-13-30-18/h4-9,12,14,21,26H,10-11,13H2,1-3H3/b22-20+. The molecule has 1 atom stereocenters. The first-order valence-corrected chi connectivity index (χ1v) is 10.2. The maximum absolute atomic E-state index is 13.1. The zero-order valence-electron chi connectivity index (χ0n) is 17.8. The van der Waals surface area contributed by atoms with Gasteiger partial charge in [0.1, 0.15) is 5.76 Å². The molecule has 1 fully saturated rings. The lowest BCUT2D eigenvalue weighted by atomic mass is 9.92. The number of rotatable bonds is 6. The molecule has 0 aromatic heterocycles. The molecule has 0 saturated carbocycles. The highest BCUT2D eigenvalue weighted by molar-refractivity contribution is 6.46. The Morgan fingerprint density at radius 3 is 2.65 bits per heavy atom. The van der Waals surface area contributed by atoms with E-state index in [0.29, 0.717) is 17.1 Å². The summed E-state index contributed by atoms with van der Waals surface area (Å²) in [6.07, 6.45) is 0.00219. The van der Waals surface area contributed by atoms with Gasteiger partial charge >= 0.3 is 0 Å². The summed E-state index contributed by atoms with van der Waals surface area (Å²) in [5.74, 6) is -0.553. The number of aryl methyl sites for hydroxylation is 1. The van der Waals surface area contributed by atoms with Crippen LogP contribution in [0.2, 0.25) is 0 Å². The lowest BCUT2D eigenvalue weighted by Gasteiger charge is -2.26. The van der Waals surface area contributed by atoms with Gasteiger partial charge in [-0.2, -0.15) is 0 Å². The van der Waals surface area contributed by atoms with Crippen LogP contribution in [-0.2, 0) is 14.3 Å². The number of fused-ring (bicyclic) bond motifs is 1. The zero-order chi connectivity index (χ0) is 22.1. The second-order valence-electron chi connectivity index (χ2n) is 7.84. The highest BCUT2D eigenvalue weighted by Gasteiger charge is 2.46. The normalized spacial score (nSPS) is 19.5.